The zero-order chi connectivity index (χ0) is 8.88. The van der Waals surface area contributed by atoms with Crippen molar-refractivity contribution in [3.05, 3.63) is 0 Å². The Kier molecular flexibility index (Phi) is 1.83. The standard InChI is InChI=1S/C6H11O6/c7-1-2-3(8)4(9)5(10)6-11-12(2)6/h2-10H,1H2/q+1/t2-,3-,4+,5+,6-/m1/s1. The predicted molar refractivity (Wildman–Crippen MR) is 34.9 cm³/mol. The van der Waals surface area contributed by atoms with Crippen LogP contribution in [0.25, 0.3) is 0 Å². The van der Waals surface area contributed by atoms with Crippen molar-refractivity contribution in [1.82, 2.24) is 0 Å². The second-order valence-corrected chi connectivity index (χ2v) is 2.99. The molecule has 5 atom stereocenters. The molecule has 70 valence electrons. The number of hydrogen-bond donors (Lipinski definition) is 4. The van der Waals surface area contributed by atoms with Crippen molar-refractivity contribution in [2.45, 2.75) is 30.7 Å². The van der Waals surface area contributed by atoms with Gasteiger partial charge in [-0.3, -0.25) is 0 Å². The quantitative estimate of drug-likeness (QED) is 0.199. The van der Waals surface area contributed by atoms with Crippen LogP contribution in [0.3, 0.4) is 0 Å². The maximum atomic E-state index is 9.29. The molecule has 0 aromatic rings. The Morgan fingerprint density at radius 3 is 2.33 bits per heavy atom. The highest BCUT2D eigenvalue weighted by atomic mass is 17.5. The fourth-order valence-electron chi connectivity index (χ4n) is 1.43. The molecule has 0 aromatic carbocycles. The maximum Gasteiger partial charge on any atom is 0.399 e. The van der Waals surface area contributed by atoms with E-state index >= 15 is 0 Å². The minimum absolute atomic E-state index is 0.341. The van der Waals surface area contributed by atoms with Gasteiger partial charge in [0.05, 0.1) is 0 Å². The maximum absolute atomic E-state index is 9.29. The molecule has 0 aromatic heterocycles. The molecule has 0 amide bonds. The van der Waals surface area contributed by atoms with Crippen LogP contribution in [0.4, 0.5) is 0 Å². The van der Waals surface area contributed by atoms with Gasteiger partial charge in [0.1, 0.15) is 12.7 Å². The molecule has 2 aliphatic heterocycles. The summed E-state index contributed by atoms with van der Waals surface area (Å²) in [5, 5.41) is 36.5. The molecule has 2 rings (SSSR count). The SMILES string of the molecule is OC[C@@H]1[C@@H](O)[C@H](O)[C@H](O)[C@@H]2O[O+]12. The van der Waals surface area contributed by atoms with Gasteiger partial charge in [-0.15, -0.1) is 0 Å². The lowest BCUT2D eigenvalue weighted by Crippen LogP contribution is -2.54. The third kappa shape index (κ3) is 0.972. The molecule has 0 unspecified atom stereocenters. The summed E-state index contributed by atoms with van der Waals surface area (Å²) in [5.74, 6) is 0. The van der Waals surface area contributed by atoms with Crippen LogP contribution in [-0.4, -0.2) is 57.7 Å². The van der Waals surface area contributed by atoms with Gasteiger partial charge in [-0.25, -0.2) is 0 Å². The zero-order valence-electron chi connectivity index (χ0n) is 6.20. The van der Waals surface area contributed by atoms with Crippen molar-refractivity contribution in [3.8, 4) is 0 Å². The molecule has 0 spiro atoms. The summed E-state index contributed by atoms with van der Waals surface area (Å²) in [6.45, 7) is -0.341. The number of fused-ring (bicyclic) bond motifs is 1. The summed E-state index contributed by atoms with van der Waals surface area (Å²) in [6, 6.07) is 0. The van der Waals surface area contributed by atoms with E-state index in [4.69, 9.17) is 9.99 Å². The van der Waals surface area contributed by atoms with Crippen LogP contribution in [-0.2, 0) is 9.41 Å². The minimum atomic E-state index is -1.27. The van der Waals surface area contributed by atoms with Gasteiger partial charge in [0, 0.05) is 0 Å². The van der Waals surface area contributed by atoms with Gasteiger partial charge in [0.25, 0.3) is 0 Å². The number of aliphatic hydroxyl groups excluding tert-OH is 4. The molecule has 2 saturated heterocycles. The molecule has 2 heterocycles. The van der Waals surface area contributed by atoms with Crippen LogP contribution in [0.1, 0.15) is 0 Å². The van der Waals surface area contributed by atoms with Crippen LogP contribution in [0.5, 0.6) is 0 Å². The van der Waals surface area contributed by atoms with E-state index in [1.54, 1.807) is 0 Å². The lowest BCUT2D eigenvalue weighted by atomic mass is 10.0. The molecule has 4 N–H and O–H groups in total. The first-order valence-corrected chi connectivity index (χ1v) is 3.71. The second-order valence-electron chi connectivity index (χ2n) is 2.99. The monoisotopic (exact) mass is 179 g/mol. The largest absolute Gasteiger partial charge is 0.399 e. The van der Waals surface area contributed by atoms with Gasteiger partial charge in [-0.2, -0.15) is 4.52 Å². The zero-order valence-corrected chi connectivity index (χ0v) is 6.20. The molecule has 2 fully saturated rings. The van der Waals surface area contributed by atoms with E-state index in [-0.39, 0.29) is 6.61 Å². The van der Waals surface area contributed by atoms with Gasteiger partial charge >= 0.3 is 6.29 Å². The average molecular weight is 179 g/mol. The summed E-state index contributed by atoms with van der Waals surface area (Å²) in [6.07, 6.45) is -4.96. The second kappa shape index (κ2) is 2.63. The van der Waals surface area contributed by atoms with Gasteiger partial charge in [0.15, 0.2) is 12.2 Å². The lowest BCUT2D eigenvalue weighted by Gasteiger charge is -2.25. The molecular weight excluding hydrogens is 168 g/mol. The van der Waals surface area contributed by atoms with Crippen molar-refractivity contribution in [2.24, 2.45) is 0 Å². The molecule has 12 heavy (non-hydrogen) atoms. The van der Waals surface area contributed by atoms with Gasteiger partial charge in [-0.05, 0) is 4.89 Å². The average Bonchev–Trinajstić information content (AvgIpc) is 2.81. The summed E-state index contributed by atoms with van der Waals surface area (Å²) in [4.78, 5) is 4.75. The van der Waals surface area contributed by atoms with E-state index in [1.807, 2.05) is 0 Å². The fraction of sp³-hybridized carbons (Fsp3) is 1.00. The van der Waals surface area contributed by atoms with Crippen molar-refractivity contribution in [1.29, 1.82) is 0 Å². The van der Waals surface area contributed by atoms with E-state index < -0.39 is 30.7 Å². The molecule has 0 radical (unpaired) electrons. The van der Waals surface area contributed by atoms with Crippen LogP contribution in [0, 0.1) is 0 Å². The third-order valence-corrected chi connectivity index (χ3v) is 2.23. The number of aliphatic hydroxyl groups is 4. The lowest BCUT2D eigenvalue weighted by molar-refractivity contribution is -0.275. The first kappa shape index (κ1) is 8.36. The Morgan fingerprint density at radius 1 is 1.08 bits per heavy atom. The topological polar surface area (TPSA) is 96.2 Å². The highest BCUT2D eigenvalue weighted by Crippen LogP contribution is 2.41. The summed E-state index contributed by atoms with van der Waals surface area (Å²) < 4.78 is 2.08. The van der Waals surface area contributed by atoms with Crippen molar-refractivity contribution in [3.63, 3.8) is 0 Å². The van der Waals surface area contributed by atoms with Crippen LogP contribution in [0.2, 0.25) is 0 Å². The van der Waals surface area contributed by atoms with E-state index in [0.717, 1.165) is 0 Å². The Balaban J connectivity index is 2.11. The summed E-state index contributed by atoms with van der Waals surface area (Å²) >= 11 is 0. The molecule has 0 bridgehead atoms. The first-order chi connectivity index (χ1) is 5.66. The Morgan fingerprint density at radius 2 is 1.75 bits per heavy atom. The van der Waals surface area contributed by atoms with E-state index in [1.165, 1.54) is 0 Å². The first-order valence-electron chi connectivity index (χ1n) is 3.71. The summed E-state index contributed by atoms with van der Waals surface area (Å²) in [5.41, 5.74) is 0. The molecular formula is C6H11O6+. The predicted octanol–water partition coefficient (Wildman–Crippen LogP) is -2.73. The molecule has 0 saturated carbocycles. The van der Waals surface area contributed by atoms with E-state index in [2.05, 4.69) is 4.52 Å². The molecule has 6 nitrogen and oxygen atoms in total. The number of rotatable bonds is 1. The van der Waals surface area contributed by atoms with Gasteiger partial charge in [0.2, 0.25) is 6.10 Å². The Hall–Kier alpha value is -0.240. The van der Waals surface area contributed by atoms with Crippen molar-refractivity contribution < 1.29 is 29.8 Å². The van der Waals surface area contributed by atoms with E-state index in [0.29, 0.717) is 0 Å². The van der Waals surface area contributed by atoms with Crippen molar-refractivity contribution >= 4 is 0 Å². The van der Waals surface area contributed by atoms with Crippen molar-refractivity contribution in [2.75, 3.05) is 6.61 Å². The molecule has 0 aliphatic carbocycles. The van der Waals surface area contributed by atoms with E-state index in [9.17, 15) is 15.3 Å². The minimum Gasteiger partial charge on any atom is -0.388 e. The van der Waals surface area contributed by atoms with Crippen LogP contribution < -0.4 is 0 Å². The smallest absolute Gasteiger partial charge is 0.388 e. The fourth-order valence-corrected chi connectivity index (χ4v) is 1.43. The van der Waals surface area contributed by atoms with Crippen LogP contribution in [0.15, 0.2) is 0 Å². The molecule has 2 aliphatic rings. The molecule has 6 heteroatoms. The summed E-state index contributed by atoms with van der Waals surface area (Å²) in [7, 11) is 0. The highest BCUT2D eigenvalue weighted by molar-refractivity contribution is 4.93. The highest BCUT2D eigenvalue weighted by Gasteiger charge is 2.68. The van der Waals surface area contributed by atoms with Crippen LogP contribution >= 0.6 is 0 Å². The normalized spacial score (nSPS) is 53.5. The Bertz CT molecular complexity index is 185. The Labute approximate surface area is 68.2 Å². The third-order valence-electron chi connectivity index (χ3n) is 2.23. The van der Waals surface area contributed by atoms with Gasteiger partial charge < -0.3 is 20.4 Å². The van der Waals surface area contributed by atoms with Gasteiger partial charge in [-0.1, -0.05) is 0 Å². The number of hydrogen-bond acceptors (Lipinski definition) is 5.